The Labute approximate surface area is 159 Å². The molecule has 7 nitrogen and oxygen atoms in total. The smallest absolute Gasteiger partial charge is 0.317 e. The number of amides is 2. The highest BCUT2D eigenvalue weighted by atomic mass is 16.5. The van der Waals surface area contributed by atoms with E-state index in [9.17, 15) is 4.79 Å². The number of methoxy groups -OCH3 is 2. The van der Waals surface area contributed by atoms with Crippen LogP contribution < -0.4 is 19.7 Å². The van der Waals surface area contributed by atoms with E-state index >= 15 is 0 Å². The van der Waals surface area contributed by atoms with Gasteiger partial charge in [0, 0.05) is 49.8 Å². The molecule has 0 radical (unpaired) electrons. The first-order chi connectivity index (χ1) is 13.1. The Morgan fingerprint density at radius 3 is 2.41 bits per heavy atom. The minimum Gasteiger partial charge on any atom is -0.497 e. The van der Waals surface area contributed by atoms with E-state index in [0.717, 1.165) is 35.8 Å². The second kappa shape index (κ2) is 8.62. The molecule has 144 valence electrons. The van der Waals surface area contributed by atoms with Gasteiger partial charge in [-0.25, -0.2) is 4.79 Å². The number of pyridine rings is 1. The van der Waals surface area contributed by atoms with Crippen molar-refractivity contribution >= 4 is 11.7 Å². The van der Waals surface area contributed by atoms with Crippen molar-refractivity contribution in [2.45, 2.75) is 13.0 Å². The average Bonchev–Trinajstić information content (AvgIpc) is 2.73. The van der Waals surface area contributed by atoms with Crippen LogP contribution in [0, 0.1) is 0 Å². The third-order valence-corrected chi connectivity index (χ3v) is 4.84. The summed E-state index contributed by atoms with van der Waals surface area (Å²) in [5, 5.41) is 3.07. The molecule has 1 fully saturated rings. The van der Waals surface area contributed by atoms with Crippen molar-refractivity contribution in [1.82, 2.24) is 15.2 Å². The third kappa shape index (κ3) is 4.42. The van der Waals surface area contributed by atoms with Crippen LogP contribution in [-0.2, 0) is 0 Å². The Balaban J connectivity index is 1.59. The number of urea groups is 1. The van der Waals surface area contributed by atoms with E-state index in [1.165, 1.54) is 0 Å². The molecule has 7 heteroatoms. The molecule has 0 saturated carbocycles. The van der Waals surface area contributed by atoms with Gasteiger partial charge in [-0.2, -0.15) is 0 Å². The van der Waals surface area contributed by atoms with Crippen LogP contribution in [0.15, 0.2) is 42.7 Å². The minimum atomic E-state index is -0.194. The highest BCUT2D eigenvalue weighted by Gasteiger charge is 2.23. The number of aromatic nitrogens is 1. The van der Waals surface area contributed by atoms with Gasteiger partial charge >= 0.3 is 6.03 Å². The predicted octanol–water partition coefficient (Wildman–Crippen LogP) is 2.69. The standard InChI is InChI=1S/C20H26N4O3/c1-15(18-14-17(26-2)4-5-19(18)27-3)22-20(25)24-12-10-23(11-13-24)16-6-8-21-9-7-16/h4-9,14-15H,10-13H2,1-3H3,(H,22,25). The first kappa shape index (κ1) is 18.8. The Bertz CT molecular complexity index is 761. The van der Waals surface area contributed by atoms with Crippen molar-refractivity contribution in [3.05, 3.63) is 48.3 Å². The number of rotatable bonds is 5. The molecule has 1 aromatic heterocycles. The van der Waals surface area contributed by atoms with E-state index < -0.39 is 0 Å². The van der Waals surface area contributed by atoms with Crippen molar-refractivity contribution < 1.29 is 14.3 Å². The zero-order valence-electron chi connectivity index (χ0n) is 16.0. The molecule has 1 saturated heterocycles. The summed E-state index contributed by atoms with van der Waals surface area (Å²) in [5.41, 5.74) is 2.03. The molecule has 0 aliphatic carbocycles. The third-order valence-electron chi connectivity index (χ3n) is 4.84. The molecule has 1 aliphatic heterocycles. The molecule has 3 rings (SSSR count). The molecule has 1 unspecified atom stereocenters. The lowest BCUT2D eigenvalue weighted by atomic mass is 10.1. The number of hydrogen-bond donors (Lipinski definition) is 1. The van der Waals surface area contributed by atoms with Gasteiger partial charge in [0.05, 0.1) is 20.3 Å². The van der Waals surface area contributed by atoms with Gasteiger partial charge in [-0.05, 0) is 37.3 Å². The maximum Gasteiger partial charge on any atom is 0.317 e. The maximum absolute atomic E-state index is 12.7. The molecule has 1 aromatic carbocycles. The van der Waals surface area contributed by atoms with Crippen molar-refractivity contribution in [2.75, 3.05) is 45.3 Å². The topological polar surface area (TPSA) is 66.9 Å². The molecule has 1 aliphatic rings. The van der Waals surface area contributed by atoms with Crippen LogP contribution in [-0.4, -0.2) is 56.3 Å². The van der Waals surface area contributed by atoms with Gasteiger partial charge in [-0.15, -0.1) is 0 Å². The largest absolute Gasteiger partial charge is 0.497 e. The van der Waals surface area contributed by atoms with Crippen LogP contribution in [0.5, 0.6) is 11.5 Å². The maximum atomic E-state index is 12.7. The highest BCUT2D eigenvalue weighted by Crippen LogP contribution is 2.29. The highest BCUT2D eigenvalue weighted by molar-refractivity contribution is 5.75. The first-order valence-electron chi connectivity index (χ1n) is 9.04. The van der Waals surface area contributed by atoms with E-state index in [-0.39, 0.29) is 12.1 Å². The SMILES string of the molecule is COc1ccc(OC)c(C(C)NC(=O)N2CCN(c3ccncc3)CC2)c1. The normalized spacial score (nSPS) is 15.2. The lowest BCUT2D eigenvalue weighted by Crippen LogP contribution is -2.52. The number of anilines is 1. The number of nitrogens with zero attached hydrogens (tertiary/aromatic N) is 3. The van der Waals surface area contributed by atoms with Crippen molar-refractivity contribution in [1.29, 1.82) is 0 Å². The summed E-state index contributed by atoms with van der Waals surface area (Å²) in [6.07, 6.45) is 3.58. The second-order valence-electron chi connectivity index (χ2n) is 6.46. The lowest BCUT2D eigenvalue weighted by molar-refractivity contribution is 0.191. The van der Waals surface area contributed by atoms with Gasteiger partial charge in [-0.1, -0.05) is 0 Å². The van der Waals surface area contributed by atoms with Crippen LogP contribution in [0.2, 0.25) is 0 Å². The van der Waals surface area contributed by atoms with Gasteiger partial charge in [0.2, 0.25) is 0 Å². The summed E-state index contributed by atoms with van der Waals surface area (Å²) >= 11 is 0. The fourth-order valence-electron chi connectivity index (χ4n) is 3.25. The zero-order chi connectivity index (χ0) is 19.2. The number of piperazine rings is 1. The van der Waals surface area contributed by atoms with E-state index in [1.54, 1.807) is 26.6 Å². The Morgan fingerprint density at radius 2 is 1.78 bits per heavy atom. The molecule has 27 heavy (non-hydrogen) atoms. The van der Waals surface area contributed by atoms with E-state index in [4.69, 9.17) is 9.47 Å². The molecule has 2 heterocycles. The molecule has 2 amide bonds. The lowest BCUT2D eigenvalue weighted by Gasteiger charge is -2.36. The molecule has 2 aromatic rings. The van der Waals surface area contributed by atoms with Gasteiger partial charge in [0.15, 0.2) is 0 Å². The number of benzene rings is 1. The fourth-order valence-corrected chi connectivity index (χ4v) is 3.25. The molecular weight excluding hydrogens is 344 g/mol. The van der Waals surface area contributed by atoms with Crippen molar-refractivity contribution in [3.8, 4) is 11.5 Å². The summed E-state index contributed by atoms with van der Waals surface area (Å²) in [6, 6.07) is 9.31. The van der Waals surface area contributed by atoms with Crippen LogP contribution >= 0.6 is 0 Å². The molecule has 1 N–H and O–H groups in total. The molecule has 0 spiro atoms. The van der Waals surface area contributed by atoms with Gasteiger partial charge in [-0.3, -0.25) is 4.98 Å². The number of nitrogens with one attached hydrogen (secondary N) is 1. The predicted molar refractivity (Wildman–Crippen MR) is 105 cm³/mol. The van der Waals surface area contributed by atoms with Crippen molar-refractivity contribution in [2.24, 2.45) is 0 Å². The van der Waals surface area contributed by atoms with Crippen LogP contribution in [0.1, 0.15) is 18.5 Å². The monoisotopic (exact) mass is 370 g/mol. The Hall–Kier alpha value is -2.96. The Morgan fingerprint density at radius 1 is 1.07 bits per heavy atom. The van der Waals surface area contributed by atoms with Crippen LogP contribution in [0.25, 0.3) is 0 Å². The van der Waals surface area contributed by atoms with Crippen LogP contribution in [0.4, 0.5) is 10.5 Å². The minimum absolute atomic E-state index is 0.0678. The van der Waals surface area contributed by atoms with Crippen LogP contribution in [0.3, 0.4) is 0 Å². The number of hydrogen-bond acceptors (Lipinski definition) is 5. The summed E-state index contributed by atoms with van der Waals surface area (Å²) in [4.78, 5) is 20.9. The van der Waals surface area contributed by atoms with Gasteiger partial charge < -0.3 is 24.6 Å². The van der Waals surface area contributed by atoms with Crippen molar-refractivity contribution in [3.63, 3.8) is 0 Å². The average molecular weight is 370 g/mol. The van der Waals surface area contributed by atoms with E-state index in [2.05, 4.69) is 15.2 Å². The Kier molecular flexibility index (Phi) is 6.01. The number of ether oxygens (including phenoxy) is 2. The first-order valence-corrected chi connectivity index (χ1v) is 9.04. The summed E-state index contributed by atoms with van der Waals surface area (Å²) in [7, 11) is 3.25. The molecular formula is C20H26N4O3. The zero-order valence-corrected chi connectivity index (χ0v) is 16.0. The summed E-state index contributed by atoms with van der Waals surface area (Å²) in [5.74, 6) is 1.46. The fraction of sp³-hybridized carbons (Fsp3) is 0.400. The molecule has 1 atom stereocenters. The quantitative estimate of drug-likeness (QED) is 0.877. The molecule has 0 bridgehead atoms. The number of carbonyl (C=O) groups is 1. The second-order valence-corrected chi connectivity index (χ2v) is 6.46. The summed E-state index contributed by atoms with van der Waals surface area (Å²) in [6.45, 7) is 4.90. The summed E-state index contributed by atoms with van der Waals surface area (Å²) < 4.78 is 10.7. The van der Waals surface area contributed by atoms with E-state index in [0.29, 0.717) is 13.1 Å². The van der Waals surface area contributed by atoms with Gasteiger partial charge in [0.25, 0.3) is 0 Å². The van der Waals surface area contributed by atoms with E-state index in [1.807, 2.05) is 42.2 Å². The number of carbonyl (C=O) groups excluding carboxylic acids is 1. The van der Waals surface area contributed by atoms with Gasteiger partial charge in [0.1, 0.15) is 11.5 Å².